The summed E-state index contributed by atoms with van der Waals surface area (Å²) in [4.78, 5) is 54.0. The molecule has 4 N–H and O–H groups in total. The molecular weight excluding hydrogens is 989 g/mol. The SMILES string of the molecule is O=c1c2ccc(Cl)cc2nc(-c2ccccc2)n1-c1ccc(Cc2ccc(N=Nc3c(S(=O)(=O)O)cc4ccc(Nc5nc(Cl)nc(Nc6ccc(Cl)cc6)n5)cc4c3O)cc2[N+](=O)[O-])c([N+](=O)[O-])c1. The highest BCUT2D eigenvalue weighted by Gasteiger charge is 2.25. The largest absolute Gasteiger partial charge is 0.505 e. The summed E-state index contributed by atoms with van der Waals surface area (Å²) in [6.45, 7) is 0. The standard InChI is InChI=1S/C46H28Cl3N11O9S/c47-28-9-14-30(15-10-28)50-45-53-44(49)54-46(55-45)51-31-12-6-25-19-39(70(67,68)69)40(41(61)35(25)21-31)57-56-32-13-7-26(37(22-32)59(63)64)18-27-8-16-33(23-38(27)60(65)66)58-42(24-4-2-1-3-5-24)52-36-20-29(48)11-17-34(36)43(58)62/h1-17,19-23,61H,18H2,(H,67,68,69)(H2,50,51,53,54,55). The molecule has 9 aromatic rings. The van der Waals surface area contributed by atoms with Gasteiger partial charge < -0.3 is 15.7 Å². The van der Waals surface area contributed by atoms with Gasteiger partial charge in [0, 0.05) is 62.1 Å². The average molecular weight is 1020 g/mol. The van der Waals surface area contributed by atoms with Gasteiger partial charge in [-0.05, 0) is 102 Å². The van der Waals surface area contributed by atoms with Crippen molar-refractivity contribution < 1.29 is 27.9 Å². The lowest BCUT2D eigenvalue weighted by Gasteiger charge is -2.15. The van der Waals surface area contributed by atoms with Crippen LogP contribution in [0, 0.1) is 20.2 Å². The smallest absolute Gasteiger partial charge is 0.296 e. The van der Waals surface area contributed by atoms with Crippen LogP contribution >= 0.6 is 34.8 Å². The maximum Gasteiger partial charge on any atom is 0.296 e. The summed E-state index contributed by atoms with van der Waals surface area (Å²) in [5.74, 6) is -0.483. The molecule has 0 atom stereocenters. The van der Waals surface area contributed by atoms with E-state index in [2.05, 4.69) is 35.8 Å². The topological polar surface area (TPSA) is 283 Å². The van der Waals surface area contributed by atoms with E-state index < -0.39 is 53.2 Å². The van der Waals surface area contributed by atoms with Crippen LogP contribution in [0.4, 0.5) is 46.0 Å². The Hall–Kier alpha value is -8.47. The first-order valence-electron chi connectivity index (χ1n) is 20.2. The van der Waals surface area contributed by atoms with Crippen LogP contribution in [0.25, 0.3) is 38.8 Å². The van der Waals surface area contributed by atoms with Crippen LogP contribution in [0.1, 0.15) is 11.1 Å². The first-order valence-corrected chi connectivity index (χ1v) is 22.8. The van der Waals surface area contributed by atoms with Gasteiger partial charge in [-0.2, -0.15) is 28.5 Å². The molecule has 348 valence electrons. The quantitative estimate of drug-likeness (QED) is 0.0361. The van der Waals surface area contributed by atoms with Crippen molar-refractivity contribution in [3.05, 3.63) is 190 Å². The third kappa shape index (κ3) is 9.76. The molecule has 20 nitrogen and oxygen atoms in total. The molecule has 0 aliphatic heterocycles. The van der Waals surface area contributed by atoms with Crippen molar-refractivity contribution in [1.82, 2.24) is 24.5 Å². The summed E-state index contributed by atoms with van der Waals surface area (Å²) >= 11 is 18.4. The van der Waals surface area contributed by atoms with Crippen molar-refractivity contribution in [1.29, 1.82) is 0 Å². The number of nitrogens with one attached hydrogen (secondary N) is 2. The van der Waals surface area contributed by atoms with Crippen LogP contribution in [-0.2, 0) is 16.5 Å². The summed E-state index contributed by atoms with van der Waals surface area (Å²) in [7, 11) is -5.05. The maximum absolute atomic E-state index is 14.0. The first-order chi connectivity index (χ1) is 33.5. The van der Waals surface area contributed by atoms with Gasteiger partial charge in [0.05, 0.1) is 32.1 Å². The molecular formula is C46H28Cl3N11O9S. The van der Waals surface area contributed by atoms with Crippen molar-refractivity contribution in [3.8, 4) is 22.8 Å². The molecule has 24 heteroatoms. The molecule has 0 radical (unpaired) electrons. The third-order valence-corrected chi connectivity index (χ3v) is 12.1. The number of hydrogen-bond acceptors (Lipinski definition) is 16. The summed E-state index contributed by atoms with van der Waals surface area (Å²) in [6, 6.07) is 33.0. The van der Waals surface area contributed by atoms with Crippen LogP contribution in [0.2, 0.25) is 15.3 Å². The lowest BCUT2D eigenvalue weighted by Crippen LogP contribution is -2.22. The lowest BCUT2D eigenvalue weighted by atomic mass is 10.0. The molecule has 7 aromatic carbocycles. The number of fused-ring (bicyclic) bond motifs is 2. The molecule has 0 fully saturated rings. The zero-order chi connectivity index (χ0) is 49.4. The zero-order valence-corrected chi connectivity index (χ0v) is 38.3. The van der Waals surface area contributed by atoms with Gasteiger partial charge in [0.15, 0.2) is 5.75 Å². The van der Waals surface area contributed by atoms with Gasteiger partial charge in [-0.15, -0.1) is 5.11 Å². The fourth-order valence-corrected chi connectivity index (χ4v) is 8.51. The van der Waals surface area contributed by atoms with Gasteiger partial charge in [-0.1, -0.05) is 59.6 Å². The van der Waals surface area contributed by atoms with Gasteiger partial charge >= 0.3 is 0 Å². The van der Waals surface area contributed by atoms with E-state index in [1.165, 1.54) is 71.3 Å². The Morgan fingerprint density at radius 2 is 1.31 bits per heavy atom. The summed E-state index contributed by atoms with van der Waals surface area (Å²) in [5, 5.41) is 51.4. The number of nitrogens with zero attached hydrogens (tertiary/aromatic N) is 9. The molecule has 0 unspecified atom stereocenters. The Kier molecular flexibility index (Phi) is 12.6. The minimum absolute atomic E-state index is 0.0133. The van der Waals surface area contributed by atoms with Crippen molar-refractivity contribution in [2.75, 3.05) is 10.6 Å². The van der Waals surface area contributed by atoms with Gasteiger partial charge in [-0.3, -0.25) is 34.1 Å². The number of nitro groups is 2. The Balaban J connectivity index is 1.03. The van der Waals surface area contributed by atoms with E-state index in [0.717, 1.165) is 12.1 Å². The van der Waals surface area contributed by atoms with Crippen molar-refractivity contribution >= 4 is 113 Å². The number of nitro benzene ring substituents is 2. The predicted octanol–water partition coefficient (Wildman–Crippen LogP) is 11.6. The number of halogens is 3. The number of phenolic OH excluding ortho intramolecular Hbond substituents is 1. The second kappa shape index (κ2) is 18.9. The number of phenols is 1. The molecule has 0 aliphatic rings. The lowest BCUT2D eigenvalue weighted by molar-refractivity contribution is -0.386. The van der Waals surface area contributed by atoms with E-state index in [4.69, 9.17) is 39.8 Å². The molecule has 2 heterocycles. The van der Waals surface area contributed by atoms with E-state index >= 15 is 0 Å². The molecule has 0 amide bonds. The Bertz CT molecular complexity index is 3830. The van der Waals surface area contributed by atoms with Crippen LogP contribution in [0.5, 0.6) is 5.75 Å². The minimum Gasteiger partial charge on any atom is -0.505 e. The molecule has 9 rings (SSSR count). The number of aromatic hydroxyl groups is 1. The van der Waals surface area contributed by atoms with Crippen molar-refractivity contribution in [2.24, 2.45) is 10.2 Å². The summed E-state index contributed by atoms with van der Waals surface area (Å²) in [5.41, 5.74) is -0.481. The van der Waals surface area contributed by atoms with Crippen LogP contribution < -0.4 is 16.2 Å². The Labute approximate surface area is 408 Å². The monoisotopic (exact) mass is 1020 g/mol. The number of hydrogen-bond donors (Lipinski definition) is 4. The number of aromatic nitrogens is 5. The van der Waals surface area contributed by atoms with Gasteiger partial charge in [0.25, 0.3) is 27.1 Å². The van der Waals surface area contributed by atoms with Gasteiger partial charge in [0.1, 0.15) is 16.4 Å². The van der Waals surface area contributed by atoms with E-state index in [1.807, 2.05) is 0 Å². The van der Waals surface area contributed by atoms with Crippen LogP contribution in [0.3, 0.4) is 0 Å². The Morgan fingerprint density at radius 3 is 2.00 bits per heavy atom. The molecule has 0 spiro atoms. The number of anilines is 4. The van der Waals surface area contributed by atoms with E-state index in [0.29, 0.717) is 26.8 Å². The first kappa shape index (κ1) is 46.6. The van der Waals surface area contributed by atoms with Crippen molar-refractivity contribution in [2.45, 2.75) is 11.3 Å². The second-order valence-electron chi connectivity index (χ2n) is 15.1. The Morgan fingerprint density at radius 1 is 0.671 bits per heavy atom. The fraction of sp³-hybridized carbons (Fsp3) is 0.0217. The number of benzene rings is 7. The second-order valence-corrected chi connectivity index (χ2v) is 17.7. The number of azo groups is 1. The van der Waals surface area contributed by atoms with Crippen LogP contribution in [0.15, 0.2) is 153 Å². The van der Waals surface area contributed by atoms with Crippen molar-refractivity contribution in [3.63, 3.8) is 0 Å². The van der Waals surface area contributed by atoms with Gasteiger partial charge in [-0.25, -0.2) is 4.98 Å². The highest BCUT2D eigenvalue weighted by molar-refractivity contribution is 7.86. The normalized spacial score (nSPS) is 11.6. The minimum atomic E-state index is -5.05. The summed E-state index contributed by atoms with van der Waals surface area (Å²) < 4.78 is 36.6. The molecule has 0 aliphatic carbocycles. The predicted molar refractivity (Wildman–Crippen MR) is 263 cm³/mol. The molecule has 0 bridgehead atoms. The molecule has 0 saturated carbocycles. The fourth-order valence-electron chi connectivity index (χ4n) is 7.40. The van der Waals surface area contributed by atoms with E-state index in [-0.39, 0.29) is 73.8 Å². The van der Waals surface area contributed by atoms with E-state index in [9.17, 15) is 43.1 Å². The summed E-state index contributed by atoms with van der Waals surface area (Å²) in [6.07, 6.45) is -0.328. The third-order valence-electron chi connectivity index (χ3n) is 10.6. The van der Waals surface area contributed by atoms with Gasteiger partial charge in [0.2, 0.25) is 17.2 Å². The number of rotatable bonds is 13. The molecule has 2 aromatic heterocycles. The highest BCUT2D eigenvalue weighted by Crippen LogP contribution is 2.43. The maximum atomic E-state index is 14.0. The average Bonchev–Trinajstić information content (AvgIpc) is 3.32. The molecule has 70 heavy (non-hydrogen) atoms. The zero-order valence-electron chi connectivity index (χ0n) is 35.2. The van der Waals surface area contributed by atoms with Crippen LogP contribution in [-0.4, -0.2) is 52.4 Å². The van der Waals surface area contributed by atoms with E-state index in [1.54, 1.807) is 54.6 Å². The highest BCUT2D eigenvalue weighted by atomic mass is 35.5. The molecule has 0 saturated heterocycles.